The van der Waals surface area contributed by atoms with Crippen molar-refractivity contribution in [3.8, 4) is 0 Å². The van der Waals surface area contributed by atoms with Gasteiger partial charge in [0.05, 0.1) is 21.7 Å². The number of imide groups is 1. The summed E-state index contributed by atoms with van der Waals surface area (Å²) in [5, 5.41) is 25.5. The summed E-state index contributed by atoms with van der Waals surface area (Å²) in [6.45, 7) is 5.46. The van der Waals surface area contributed by atoms with Gasteiger partial charge in [0, 0.05) is 32.6 Å². The van der Waals surface area contributed by atoms with Crippen LogP contribution in [-0.2, 0) is 0 Å². The van der Waals surface area contributed by atoms with Crippen molar-refractivity contribution >= 4 is 67.2 Å². The molecule has 2 N–H and O–H groups in total. The molecule has 9 nitrogen and oxygen atoms in total. The van der Waals surface area contributed by atoms with Crippen LogP contribution in [-0.4, -0.2) is 27.8 Å². The molecular weight excluding hydrogens is 554 g/mol. The van der Waals surface area contributed by atoms with Crippen LogP contribution in [0.4, 0.5) is 22.7 Å². The number of hydrogen-bond donors (Lipinski definition) is 2. The van der Waals surface area contributed by atoms with Crippen molar-refractivity contribution in [3.63, 3.8) is 0 Å². The lowest BCUT2D eigenvalue weighted by atomic mass is 9.91. The smallest absolute Gasteiger partial charge is 0.335 e. The number of rotatable bonds is 5. The van der Waals surface area contributed by atoms with Gasteiger partial charge in [0.1, 0.15) is 5.69 Å². The number of anilines is 3. The van der Waals surface area contributed by atoms with Crippen LogP contribution in [0.15, 0.2) is 59.1 Å². The van der Waals surface area contributed by atoms with E-state index in [9.17, 15) is 29.6 Å². The Morgan fingerprint density at radius 3 is 2.37 bits per heavy atom. The monoisotopic (exact) mass is 573 g/mol. The number of carbonyl (C=O) groups is 3. The standard InChI is InChI=1S/C28H20BrN3O6/c1-13-7-8-16(28(35)36)11-22(13)31-26(33)18-6-4-5-17-24(18)19(27(31)34)12-23(32(37)38)25(17)30-21-10-9-20(29)14(2)15(21)3/h4-12,30H,1-3H3,(H,35,36). The zero-order chi connectivity index (χ0) is 27.5. The number of aromatic carboxylic acids is 1. The van der Waals surface area contributed by atoms with Crippen molar-refractivity contribution in [2.24, 2.45) is 0 Å². The van der Waals surface area contributed by atoms with Crippen LogP contribution >= 0.6 is 15.9 Å². The second kappa shape index (κ2) is 9.07. The maximum Gasteiger partial charge on any atom is 0.335 e. The molecule has 0 bridgehead atoms. The van der Waals surface area contributed by atoms with E-state index >= 15 is 0 Å². The zero-order valence-corrected chi connectivity index (χ0v) is 22.0. The van der Waals surface area contributed by atoms with E-state index in [0.29, 0.717) is 22.0 Å². The SMILES string of the molecule is Cc1ccc(C(=O)O)cc1N1C(=O)c2cccc3c(Nc4ccc(Br)c(C)c4C)c([N+](=O)[O-])cc(c23)C1=O. The Balaban J connectivity index is 1.75. The Labute approximate surface area is 225 Å². The number of benzene rings is 4. The molecule has 10 heteroatoms. The van der Waals surface area contributed by atoms with Crippen LogP contribution in [0.25, 0.3) is 10.8 Å². The predicted molar refractivity (Wildman–Crippen MR) is 147 cm³/mol. The highest BCUT2D eigenvalue weighted by molar-refractivity contribution is 9.10. The number of nitro groups is 1. The van der Waals surface area contributed by atoms with E-state index in [1.165, 1.54) is 24.3 Å². The first kappa shape index (κ1) is 25.1. The number of nitrogens with one attached hydrogen (secondary N) is 1. The molecule has 0 saturated carbocycles. The molecule has 0 radical (unpaired) electrons. The molecule has 190 valence electrons. The maximum atomic E-state index is 13.7. The van der Waals surface area contributed by atoms with Crippen LogP contribution in [0.3, 0.4) is 0 Å². The molecule has 1 heterocycles. The van der Waals surface area contributed by atoms with Gasteiger partial charge in [-0.2, -0.15) is 0 Å². The van der Waals surface area contributed by atoms with Crippen molar-refractivity contribution in [1.82, 2.24) is 0 Å². The third-order valence-corrected chi connectivity index (χ3v) is 7.74. The molecule has 1 aliphatic heterocycles. The summed E-state index contributed by atoms with van der Waals surface area (Å²) in [5.41, 5.74) is 2.99. The number of nitrogens with zero attached hydrogens (tertiary/aromatic N) is 2. The molecule has 5 rings (SSSR count). The average molecular weight is 574 g/mol. The Bertz CT molecular complexity index is 1750. The van der Waals surface area contributed by atoms with Crippen molar-refractivity contribution in [2.75, 3.05) is 10.2 Å². The van der Waals surface area contributed by atoms with Gasteiger partial charge >= 0.3 is 5.97 Å². The van der Waals surface area contributed by atoms with Crippen LogP contribution in [0.5, 0.6) is 0 Å². The van der Waals surface area contributed by atoms with E-state index in [-0.39, 0.29) is 33.8 Å². The van der Waals surface area contributed by atoms with Crippen molar-refractivity contribution in [1.29, 1.82) is 0 Å². The molecule has 2 amide bonds. The number of amides is 2. The molecule has 0 atom stereocenters. The predicted octanol–water partition coefficient (Wildman–Crippen LogP) is 6.68. The number of carboxylic acid groups (broad SMARTS) is 1. The fourth-order valence-corrected chi connectivity index (χ4v) is 5.11. The van der Waals surface area contributed by atoms with E-state index in [4.69, 9.17) is 0 Å². The molecule has 4 aromatic carbocycles. The summed E-state index contributed by atoms with van der Waals surface area (Å²) >= 11 is 3.49. The van der Waals surface area contributed by atoms with Gasteiger partial charge in [0.2, 0.25) is 0 Å². The van der Waals surface area contributed by atoms with E-state index < -0.39 is 22.7 Å². The van der Waals surface area contributed by atoms with Crippen molar-refractivity contribution in [3.05, 3.63) is 103 Å². The summed E-state index contributed by atoms with van der Waals surface area (Å²) in [5.74, 6) is -2.63. The fourth-order valence-electron chi connectivity index (χ4n) is 4.69. The molecule has 0 aromatic heterocycles. The molecule has 0 spiro atoms. The van der Waals surface area contributed by atoms with Gasteiger partial charge in [0.15, 0.2) is 0 Å². The van der Waals surface area contributed by atoms with Crippen LogP contribution in [0.1, 0.15) is 47.8 Å². The molecule has 0 unspecified atom stereocenters. The summed E-state index contributed by atoms with van der Waals surface area (Å²) < 4.78 is 0.894. The molecule has 1 aliphatic rings. The minimum Gasteiger partial charge on any atom is -0.478 e. The topological polar surface area (TPSA) is 130 Å². The van der Waals surface area contributed by atoms with Gasteiger partial charge in [-0.05, 0) is 67.8 Å². The Kier molecular flexibility index (Phi) is 5.99. The van der Waals surface area contributed by atoms with Gasteiger partial charge in [-0.15, -0.1) is 0 Å². The average Bonchev–Trinajstić information content (AvgIpc) is 2.88. The second-order valence-corrected chi connectivity index (χ2v) is 9.88. The number of halogens is 1. The van der Waals surface area contributed by atoms with Gasteiger partial charge < -0.3 is 10.4 Å². The minimum atomic E-state index is -1.21. The van der Waals surface area contributed by atoms with Crippen LogP contribution in [0, 0.1) is 30.9 Å². The first-order chi connectivity index (χ1) is 18.0. The van der Waals surface area contributed by atoms with Gasteiger partial charge in [-0.25, -0.2) is 9.69 Å². The van der Waals surface area contributed by atoms with Gasteiger partial charge in [-0.3, -0.25) is 19.7 Å². The third-order valence-electron chi connectivity index (χ3n) is 6.88. The maximum absolute atomic E-state index is 13.7. The van der Waals surface area contributed by atoms with Crippen LogP contribution in [0.2, 0.25) is 0 Å². The number of aryl methyl sites for hydroxylation is 1. The fraction of sp³-hybridized carbons (Fsp3) is 0.107. The number of hydrogen-bond acceptors (Lipinski definition) is 6. The minimum absolute atomic E-state index is 0.0173. The molecule has 0 saturated heterocycles. The van der Waals surface area contributed by atoms with E-state index in [2.05, 4.69) is 21.2 Å². The third kappa shape index (κ3) is 3.81. The van der Waals surface area contributed by atoms with E-state index in [0.717, 1.165) is 20.5 Å². The van der Waals surface area contributed by atoms with E-state index in [1.807, 2.05) is 19.9 Å². The second-order valence-electron chi connectivity index (χ2n) is 9.03. The largest absolute Gasteiger partial charge is 0.478 e. The molecule has 0 aliphatic carbocycles. The van der Waals surface area contributed by atoms with Crippen LogP contribution < -0.4 is 10.2 Å². The van der Waals surface area contributed by atoms with Crippen molar-refractivity contribution < 1.29 is 24.4 Å². The highest BCUT2D eigenvalue weighted by Gasteiger charge is 2.38. The zero-order valence-electron chi connectivity index (χ0n) is 20.5. The lowest BCUT2D eigenvalue weighted by Crippen LogP contribution is -2.41. The summed E-state index contributed by atoms with van der Waals surface area (Å²) in [6, 6.07) is 13.7. The highest BCUT2D eigenvalue weighted by atomic mass is 79.9. The summed E-state index contributed by atoms with van der Waals surface area (Å²) in [4.78, 5) is 51.5. The Hall–Kier alpha value is -4.57. The molecule has 0 fully saturated rings. The first-order valence-electron chi connectivity index (χ1n) is 11.5. The van der Waals surface area contributed by atoms with Gasteiger partial charge in [-0.1, -0.05) is 34.1 Å². The summed E-state index contributed by atoms with van der Waals surface area (Å²) in [7, 11) is 0. The Morgan fingerprint density at radius 2 is 1.68 bits per heavy atom. The molecular formula is C28H20BrN3O6. The summed E-state index contributed by atoms with van der Waals surface area (Å²) in [6.07, 6.45) is 0. The Morgan fingerprint density at radius 1 is 0.974 bits per heavy atom. The first-order valence-corrected chi connectivity index (χ1v) is 12.3. The van der Waals surface area contributed by atoms with Crippen molar-refractivity contribution in [2.45, 2.75) is 20.8 Å². The normalized spacial score (nSPS) is 12.7. The quantitative estimate of drug-likeness (QED) is 0.155. The number of nitro benzene ring substituents is 1. The lowest BCUT2D eigenvalue weighted by molar-refractivity contribution is -0.383. The number of carbonyl (C=O) groups excluding carboxylic acids is 2. The molecule has 4 aromatic rings. The molecule has 38 heavy (non-hydrogen) atoms. The lowest BCUT2D eigenvalue weighted by Gasteiger charge is -2.29. The number of carboxylic acids is 1. The van der Waals surface area contributed by atoms with Gasteiger partial charge in [0.25, 0.3) is 17.5 Å². The highest BCUT2D eigenvalue weighted by Crippen LogP contribution is 2.43. The van der Waals surface area contributed by atoms with E-state index in [1.54, 1.807) is 31.2 Å².